The van der Waals surface area contributed by atoms with Gasteiger partial charge in [-0.3, -0.25) is 25.0 Å². The maximum absolute atomic E-state index is 12.9. The van der Waals surface area contributed by atoms with Gasteiger partial charge in [0.2, 0.25) is 0 Å². The van der Waals surface area contributed by atoms with E-state index in [2.05, 4.69) is 10.3 Å². The molecule has 1 aliphatic rings. The Morgan fingerprint density at radius 3 is 2.52 bits per heavy atom. The molecule has 33 heavy (non-hydrogen) atoms. The minimum Gasteiger partial charge on any atom is -0.493 e. The molecule has 0 saturated heterocycles. The monoisotopic (exact) mass is 468 g/mol. The lowest BCUT2D eigenvalue weighted by Gasteiger charge is -2.26. The van der Waals surface area contributed by atoms with Crippen molar-refractivity contribution >= 4 is 34.0 Å². The van der Waals surface area contributed by atoms with Gasteiger partial charge in [-0.1, -0.05) is 29.5 Å². The van der Waals surface area contributed by atoms with E-state index >= 15 is 0 Å². The number of benzene rings is 2. The van der Waals surface area contributed by atoms with Crippen molar-refractivity contribution in [2.24, 2.45) is 0 Å². The third kappa shape index (κ3) is 4.48. The molecular formula is C22H20N4O6S. The fraction of sp³-hybridized carbons (Fsp3) is 0.227. The van der Waals surface area contributed by atoms with Gasteiger partial charge in [-0.25, -0.2) is 4.98 Å². The van der Waals surface area contributed by atoms with E-state index in [9.17, 15) is 19.7 Å². The van der Waals surface area contributed by atoms with Crippen LogP contribution in [0.15, 0.2) is 42.5 Å². The van der Waals surface area contributed by atoms with E-state index in [1.807, 2.05) is 18.2 Å². The largest absolute Gasteiger partial charge is 0.493 e. The molecule has 10 nitrogen and oxygen atoms in total. The molecule has 0 atom stereocenters. The molecule has 0 fully saturated rings. The van der Waals surface area contributed by atoms with Crippen LogP contribution >= 0.6 is 11.3 Å². The van der Waals surface area contributed by atoms with E-state index in [0.29, 0.717) is 30.2 Å². The van der Waals surface area contributed by atoms with Crippen LogP contribution in [0.3, 0.4) is 0 Å². The second-order valence-electron chi connectivity index (χ2n) is 7.17. The number of anilines is 1. The van der Waals surface area contributed by atoms with Crippen molar-refractivity contribution in [3.63, 3.8) is 0 Å². The number of carbonyl (C=O) groups excluding carboxylic acids is 2. The molecule has 2 amide bonds. The Bertz CT molecular complexity index is 1230. The summed E-state index contributed by atoms with van der Waals surface area (Å²) in [5.41, 5.74) is 0.826. The third-order valence-corrected chi connectivity index (χ3v) is 6.20. The average molecular weight is 468 g/mol. The number of fused-ring (bicyclic) bond motifs is 1. The molecule has 0 radical (unpaired) electrons. The zero-order valence-electron chi connectivity index (χ0n) is 17.9. The fourth-order valence-electron chi connectivity index (χ4n) is 3.55. The lowest BCUT2D eigenvalue weighted by Crippen LogP contribution is -2.35. The van der Waals surface area contributed by atoms with Gasteiger partial charge in [0, 0.05) is 29.5 Å². The first kappa shape index (κ1) is 22.2. The number of thiazole rings is 1. The number of hydrogen-bond donors (Lipinski definition) is 1. The van der Waals surface area contributed by atoms with Gasteiger partial charge in [0.05, 0.1) is 37.4 Å². The van der Waals surface area contributed by atoms with Crippen LogP contribution in [0, 0.1) is 10.1 Å². The summed E-state index contributed by atoms with van der Waals surface area (Å²) in [6.07, 6.45) is 0.552. The second kappa shape index (κ2) is 9.25. The first-order valence-electron chi connectivity index (χ1n) is 9.96. The molecule has 2 heterocycles. The van der Waals surface area contributed by atoms with Crippen LogP contribution in [0.4, 0.5) is 10.8 Å². The Balaban J connectivity index is 1.54. The second-order valence-corrected chi connectivity index (χ2v) is 8.25. The van der Waals surface area contributed by atoms with Crippen LogP contribution in [0.2, 0.25) is 0 Å². The molecule has 0 aliphatic carbocycles. The van der Waals surface area contributed by atoms with Gasteiger partial charge < -0.3 is 14.4 Å². The van der Waals surface area contributed by atoms with E-state index in [4.69, 9.17) is 9.47 Å². The maximum atomic E-state index is 12.9. The quantitative estimate of drug-likeness (QED) is 0.434. The summed E-state index contributed by atoms with van der Waals surface area (Å²) < 4.78 is 10.3. The predicted octanol–water partition coefficient (Wildman–Crippen LogP) is 3.52. The van der Waals surface area contributed by atoms with Gasteiger partial charge in [0.15, 0.2) is 16.6 Å². The molecule has 1 N–H and O–H groups in total. The van der Waals surface area contributed by atoms with Crippen molar-refractivity contribution in [2.75, 3.05) is 26.1 Å². The van der Waals surface area contributed by atoms with Gasteiger partial charge in [0.1, 0.15) is 5.56 Å². The fourth-order valence-corrected chi connectivity index (χ4v) is 4.57. The van der Waals surface area contributed by atoms with Gasteiger partial charge in [0.25, 0.3) is 17.5 Å². The molecule has 0 spiro atoms. The molecule has 0 saturated carbocycles. The van der Waals surface area contributed by atoms with Crippen LogP contribution < -0.4 is 14.8 Å². The first-order valence-corrected chi connectivity index (χ1v) is 10.8. The molecule has 170 valence electrons. The summed E-state index contributed by atoms with van der Waals surface area (Å²) in [6.45, 7) is 0.895. The first-order chi connectivity index (χ1) is 15.9. The van der Waals surface area contributed by atoms with E-state index in [1.165, 1.54) is 31.6 Å². The molecule has 4 rings (SSSR count). The number of carbonyl (C=O) groups is 2. The lowest BCUT2D eigenvalue weighted by atomic mass is 10.1. The predicted molar refractivity (Wildman–Crippen MR) is 121 cm³/mol. The number of nitro groups is 1. The minimum absolute atomic E-state index is 0.0683. The van der Waals surface area contributed by atoms with Crippen molar-refractivity contribution in [1.29, 1.82) is 0 Å². The smallest absolute Gasteiger partial charge is 0.286 e. The Kier molecular flexibility index (Phi) is 6.22. The molecule has 0 bridgehead atoms. The van der Waals surface area contributed by atoms with Gasteiger partial charge in [-0.2, -0.15) is 0 Å². The standard InChI is InChI=1S/C22H20N4O6S/c1-31-17-10-14(16(26(29)30)11-18(17)32-2)20(27)24-22-23-15-8-9-25(12-19(15)33-22)21(28)13-6-4-3-5-7-13/h3-7,10-11H,8-9,12H2,1-2H3,(H,23,24,27). The summed E-state index contributed by atoms with van der Waals surface area (Å²) in [6, 6.07) is 11.4. The minimum atomic E-state index is -0.689. The van der Waals surface area contributed by atoms with Crippen LogP contribution in [-0.4, -0.2) is 47.4 Å². The summed E-state index contributed by atoms with van der Waals surface area (Å²) in [4.78, 5) is 43.5. The zero-order chi connectivity index (χ0) is 23.5. The summed E-state index contributed by atoms with van der Waals surface area (Å²) in [5, 5.41) is 14.4. The Morgan fingerprint density at radius 2 is 1.85 bits per heavy atom. The normalized spacial score (nSPS) is 12.6. The van der Waals surface area contributed by atoms with Gasteiger partial charge >= 0.3 is 0 Å². The number of nitrogens with zero attached hydrogens (tertiary/aromatic N) is 3. The van der Waals surface area contributed by atoms with Crippen molar-refractivity contribution < 1.29 is 24.0 Å². The Labute approximate surface area is 192 Å². The summed E-state index contributed by atoms with van der Waals surface area (Å²) in [5.74, 6) is -0.414. The van der Waals surface area contributed by atoms with E-state index in [0.717, 1.165) is 16.6 Å². The SMILES string of the molecule is COc1cc(C(=O)Nc2nc3c(s2)CN(C(=O)c2ccccc2)CC3)c([N+](=O)[O-])cc1OC. The highest BCUT2D eigenvalue weighted by molar-refractivity contribution is 7.15. The van der Waals surface area contributed by atoms with Crippen molar-refractivity contribution in [3.8, 4) is 11.5 Å². The van der Waals surface area contributed by atoms with Crippen LogP contribution in [-0.2, 0) is 13.0 Å². The highest BCUT2D eigenvalue weighted by Crippen LogP contribution is 2.35. The number of methoxy groups -OCH3 is 2. The zero-order valence-corrected chi connectivity index (χ0v) is 18.7. The van der Waals surface area contributed by atoms with Crippen molar-refractivity contribution in [1.82, 2.24) is 9.88 Å². The highest BCUT2D eigenvalue weighted by atomic mass is 32.1. The van der Waals surface area contributed by atoms with E-state index in [-0.39, 0.29) is 23.0 Å². The summed E-state index contributed by atoms with van der Waals surface area (Å²) in [7, 11) is 2.73. The van der Waals surface area contributed by atoms with Gasteiger partial charge in [-0.15, -0.1) is 0 Å². The molecule has 2 aromatic carbocycles. The summed E-state index contributed by atoms with van der Waals surface area (Å²) >= 11 is 1.24. The maximum Gasteiger partial charge on any atom is 0.286 e. The molecule has 1 aromatic heterocycles. The Morgan fingerprint density at radius 1 is 1.15 bits per heavy atom. The molecule has 0 unspecified atom stereocenters. The van der Waals surface area contributed by atoms with Crippen molar-refractivity contribution in [2.45, 2.75) is 13.0 Å². The van der Waals surface area contributed by atoms with Crippen LogP contribution in [0.5, 0.6) is 11.5 Å². The van der Waals surface area contributed by atoms with E-state index in [1.54, 1.807) is 17.0 Å². The lowest BCUT2D eigenvalue weighted by molar-refractivity contribution is -0.385. The number of aromatic nitrogens is 1. The van der Waals surface area contributed by atoms with Crippen molar-refractivity contribution in [3.05, 3.63) is 74.3 Å². The molecule has 11 heteroatoms. The van der Waals surface area contributed by atoms with Crippen LogP contribution in [0.25, 0.3) is 0 Å². The number of hydrogen-bond acceptors (Lipinski definition) is 8. The highest BCUT2D eigenvalue weighted by Gasteiger charge is 2.28. The molecule has 3 aromatic rings. The van der Waals surface area contributed by atoms with E-state index < -0.39 is 16.5 Å². The Hall–Kier alpha value is -3.99. The average Bonchev–Trinajstić information content (AvgIpc) is 3.24. The third-order valence-electron chi connectivity index (χ3n) is 5.20. The number of nitrogens with one attached hydrogen (secondary N) is 1. The number of ether oxygens (including phenoxy) is 2. The van der Waals surface area contributed by atoms with Crippen LogP contribution in [0.1, 0.15) is 31.3 Å². The number of rotatable bonds is 6. The number of amides is 2. The number of nitro benzene ring substituents is 1. The van der Waals surface area contributed by atoms with Gasteiger partial charge in [-0.05, 0) is 12.1 Å². The molecule has 1 aliphatic heterocycles. The molecular weight excluding hydrogens is 448 g/mol. The topological polar surface area (TPSA) is 124 Å².